The molecule has 1 fully saturated rings. The average Bonchev–Trinajstić information content (AvgIpc) is 2.64. The van der Waals surface area contributed by atoms with Crippen molar-refractivity contribution < 1.29 is 14.3 Å². The highest BCUT2D eigenvalue weighted by Gasteiger charge is 2.32. The molecule has 7 heteroatoms. The summed E-state index contributed by atoms with van der Waals surface area (Å²) in [5.74, 6) is 0. The van der Waals surface area contributed by atoms with E-state index in [0.717, 1.165) is 29.8 Å². The molecule has 0 aromatic carbocycles. The van der Waals surface area contributed by atoms with Gasteiger partial charge in [0.05, 0.1) is 31.9 Å². The standard InChI is InChI=1S/C13H18BrN3O3/c1-8(2)20-13(18)16-4-3-11-10(5-16)12(14)15-17(11)9-6-19-7-9/h8-9H,3-7H2,1-2H3. The van der Waals surface area contributed by atoms with Crippen molar-refractivity contribution in [2.75, 3.05) is 19.8 Å². The van der Waals surface area contributed by atoms with Gasteiger partial charge in [0.1, 0.15) is 4.60 Å². The Morgan fingerprint density at radius 3 is 2.85 bits per heavy atom. The minimum atomic E-state index is -0.253. The molecule has 1 amide bonds. The van der Waals surface area contributed by atoms with Crippen molar-refractivity contribution in [1.82, 2.24) is 14.7 Å². The van der Waals surface area contributed by atoms with Gasteiger partial charge in [0.15, 0.2) is 0 Å². The van der Waals surface area contributed by atoms with Crippen LogP contribution in [0.5, 0.6) is 0 Å². The fraction of sp³-hybridized carbons (Fsp3) is 0.692. The number of rotatable bonds is 2. The van der Waals surface area contributed by atoms with E-state index >= 15 is 0 Å². The van der Waals surface area contributed by atoms with E-state index in [-0.39, 0.29) is 12.2 Å². The highest BCUT2D eigenvalue weighted by atomic mass is 79.9. The lowest BCUT2D eigenvalue weighted by Gasteiger charge is -2.31. The second kappa shape index (κ2) is 5.37. The van der Waals surface area contributed by atoms with Crippen molar-refractivity contribution in [3.05, 3.63) is 15.9 Å². The molecule has 3 heterocycles. The maximum Gasteiger partial charge on any atom is 0.410 e. The van der Waals surface area contributed by atoms with Crippen LogP contribution >= 0.6 is 15.9 Å². The fourth-order valence-corrected chi connectivity index (χ4v) is 3.03. The third-order valence-corrected chi connectivity index (χ3v) is 4.24. The first-order valence-corrected chi connectivity index (χ1v) is 7.64. The molecule has 2 aliphatic heterocycles. The van der Waals surface area contributed by atoms with E-state index in [4.69, 9.17) is 9.47 Å². The van der Waals surface area contributed by atoms with Gasteiger partial charge in [0.2, 0.25) is 0 Å². The van der Waals surface area contributed by atoms with E-state index in [1.54, 1.807) is 4.90 Å². The smallest absolute Gasteiger partial charge is 0.410 e. The number of amides is 1. The number of ether oxygens (including phenoxy) is 2. The first kappa shape index (κ1) is 13.9. The molecule has 0 N–H and O–H groups in total. The minimum absolute atomic E-state index is 0.0952. The number of halogens is 1. The lowest BCUT2D eigenvalue weighted by atomic mass is 10.1. The number of hydrogen-bond acceptors (Lipinski definition) is 4. The highest BCUT2D eigenvalue weighted by molar-refractivity contribution is 9.10. The molecule has 1 saturated heterocycles. The Morgan fingerprint density at radius 1 is 1.50 bits per heavy atom. The summed E-state index contributed by atoms with van der Waals surface area (Å²) in [6, 6.07) is 0.337. The predicted molar refractivity (Wildman–Crippen MR) is 75.5 cm³/mol. The molecular weight excluding hydrogens is 326 g/mol. The van der Waals surface area contributed by atoms with E-state index < -0.39 is 0 Å². The number of carbonyl (C=O) groups excluding carboxylic acids is 1. The number of carbonyl (C=O) groups is 1. The van der Waals surface area contributed by atoms with Crippen LogP contribution < -0.4 is 0 Å². The Morgan fingerprint density at radius 2 is 2.25 bits per heavy atom. The third kappa shape index (κ3) is 2.44. The molecule has 0 saturated carbocycles. The second-order valence-corrected chi connectivity index (χ2v) is 6.21. The number of hydrogen-bond donors (Lipinski definition) is 0. The molecule has 0 radical (unpaired) electrons. The second-order valence-electron chi connectivity index (χ2n) is 5.46. The van der Waals surface area contributed by atoms with E-state index in [0.29, 0.717) is 19.1 Å². The molecule has 6 nitrogen and oxygen atoms in total. The van der Waals surface area contributed by atoms with E-state index in [9.17, 15) is 4.79 Å². The van der Waals surface area contributed by atoms with Crippen LogP contribution in [0.25, 0.3) is 0 Å². The van der Waals surface area contributed by atoms with Gasteiger partial charge in [-0.1, -0.05) is 0 Å². The molecule has 0 unspecified atom stereocenters. The first-order chi connectivity index (χ1) is 9.56. The van der Waals surface area contributed by atoms with Crippen LogP contribution in [0.1, 0.15) is 31.1 Å². The van der Waals surface area contributed by atoms with Crippen LogP contribution in [-0.4, -0.2) is 46.6 Å². The summed E-state index contributed by atoms with van der Waals surface area (Å²) in [4.78, 5) is 13.7. The van der Waals surface area contributed by atoms with Gasteiger partial charge >= 0.3 is 6.09 Å². The summed E-state index contributed by atoms with van der Waals surface area (Å²) in [6.07, 6.45) is 0.455. The maximum atomic E-state index is 12.0. The highest BCUT2D eigenvalue weighted by Crippen LogP contribution is 2.30. The van der Waals surface area contributed by atoms with Gasteiger partial charge in [0, 0.05) is 24.2 Å². The van der Waals surface area contributed by atoms with Gasteiger partial charge < -0.3 is 14.4 Å². The monoisotopic (exact) mass is 343 g/mol. The number of nitrogens with zero attached hydrogens (tertiary/aromatic N) is 3. The quantitative estimate of drug-likeness (QED) is 0.825. The van der Waals surface area contributed by atoms with Crippen LogP contribution in [0.2, 0.25) is 0 Å². The lowest BCUT2D eigenvalue weighted by Crippen LogP contribution is -2.39. The molecule has 0 bridgehead atoms. The molecule has 0 atom stereocenters. The van der Waals surface area contributed by atoms with Gasteiger partial charge in [-0.05, 0) is 29.8 Å². The van der Waals surface area contributed by atoms with Gasteiger partial charge in [-0.25, -0.2) is 4.79 Å². The SMILES string of the molecule is CC(C)OC(=O)N1CCc2c(c(Br)nn2C2COC2)C1. The van der Waals surface area contributed by atoms with Crippen molar-refractivity contribution in [3.63, 3.8) is 0 Å². The van der Waals surface area contributed by atoms with E-state index in [2.05, 4.69) is 21.0 Å². The van der Waals surface area contributed by atoms with E-state index in [1.165, 1.54) is 5.69 Å². The van der Waals surface area contributed by atoms with Crippen molar-refractivity contribution in [2.24, 2.45) is 0 Å². The average molecular weight is 344 g/mol. The molecule has 3 rings (SSSR count). The van der Waals surface area contributed by atoms with Gasteiger partial charge in [-0.2, -0.15) is 5.10 Å². The van der Waals surface area contributed by atoms with E-state index in [1.807, 2.05) is 18.5 Å². The zero-order valence-electron chi connectivity index (χ0n) is 11.6. The van der Waals surface area contributed by atoms with Crippen molar-refractivity contribution in [1.29, 1.82) is 0 Å². The summed E-state index contributed by atoms with van der Waals surface area (Å²) >= 11 is 3.50. The summed E-state index contributed by atoms with van der Waals surface area (Å²) in [5, 5.41) is 4.54. The summed E-state index contributed by atoms with van der Waals surface area (Å²) in [7, 11) is 0. The van der Waals surface area contributed by atoms with Gasteiger partial charge in [-0.3, -0.25) is 4.68 Å². The predicted octanol–water partition coefficient (Wildman–Crippen LogP) is 2.12. The number of fused-ring (bicyclic) bond motifs is 1. The third-order valence-electron chi connectivity index (χ3n) is 3.60. The summed E-state index contributed by atoms with van der Waals surface area (Å²) in [5.41, 5.74) is 2.29. The first-order valence-electron chi connectivity index (χ1n) is 6.85. The fourth-order valence-electron chi connectivity index (χ4n) is 2.50. The van der Waals surface area contributed by atoms with Crippen LogP contribution in [0.3, 0.4) is 0 Å². The topological polar surface area (TPSA) is 56.6 Å². The Hall–Kier alpha value is -1.08. The molecule has 0 spiro atoms. The van der Waals surface area contributed by atoms with Crippen molar-refractivity contribution >= 4 is 22.0 Å². The molecule has 20 heavy (non-hydrogen) atoms. The van der Waals surface area contributed by atoms with Gasteiger partial charge in [0.25, 0.3) is 0 Å². The normalized spacial score (nSPS) is 18.9. The zero-order valence-corrected chi connectivity index (χ0v) is 13.2. The Kier molecular flexibility index (Phi) is 3.72. The molecular formula is C13H18BrN3O3. The van der Waals surface area contributed by atoms with Gasteiger partial charge in [-0.15, -0.1) is 0 Å². The zero-order chi connectivity index (χ0) is 14.3. The Balaban J connectivity index is 1.78. The molecule has 2 aliphatic rings. The Bertz CT molecular complexity index is 525. The lowest BCUT2D eigenvalue weighted by molar-refractivity contribution is -0.0303. The summed E-state index contributed by atoms with van der Waals surface area (Å²) < 4.78 is 13.4. The van der Waals surface area contributed by atoms with Crippen LogP contribution in [0, 0.1) is 0 Å². The van der Waals surface area contributed by atoms with Crippen molar-refractivity contribution in [3.8, 4) is 0 Å². The molecule has 110 valence electrons. The van der Waals surface area contributed by atoms with Crippen LogP contribution in [0.4, 0.5) is 4.79 Å². The molecule has 1 aromatic rings. The van der Waals surface area contributed by atoms with Crippen molar-refractivity contribution in [2.45, 2.75) is 39.0 Å². The summed E-state index contributed by atoms with van der Waals surface area (Å²) in [6.45, 7) is 6.38. The molecule has 0 aliphatic carbocycles. The van der Waals surface area contributed by atoms with Crippen LogP contribution in [0.15, 0.2) is 4.60 Å². The van der Waals surface area contributed by atoms with Crippen LogP contribution in [-0.2, 0) is 22.4 Å². The minimum Gasteiger partial charge on any atom is -0.447 e. The largest absolute Gasteiger partial charge is 0.447 e. The Labute approximate surface area is 126 Å². The molecule has 1 aromatic heterocycles. The number of aromatic nitrogens is 2. The maximum absolute atomic E-state index is 12.0.